The van der Waals surface area contributed by atoms with Crippen molar-refractivity contribution in [3.05, 3.63) is 0 Å². The molecular formula is C11H22N4O2. The maximum absolute atomic E-state index is 11.9. The summed E-state index contributed by atoms with van der Waals surface area (Å²) in [6.07, 6.45) is 0. The first kappa shape index (κ1) is 13.9. The van der Waals surface area contributed by atoms with E-state index in [1.807, 2.05) is 0 Å². The van der Waals surface area contributed by atoms with E-state index in [1.54, 1.807) is 21.0 Å². The van der Waals surface area contributed by atoms with Gasteiger partial charge in [0.2, 0.25) is 11.8 Å². The van der Waals surface area contributed by atoms with Crippen molar-refractivity contribution in [1.29, 1.82) is 0 Å². The van der Waals surface area contributed by atoms with Crippen molar-refractivity contribution >= 4 is 11.8 Å². The number of nitrogens with zero attached hydrogens (tertiary/aromatic N) is 1. The Morgan fingerprint density at radius 2 is 1.94 bits per heavy atom. The Balaban J connectivity index is 2.41. The quantitative estimate of drug-likeness (QED) is 0.565. The topological polar surface area (TPSA) is 73.5 Å². The predicted molar refractivity (Wildman–Crippen MR) is 65.6 cm³/mol. The van der Waals surface area contributed by atoms with Crippen LogP contribution in [0.2, 0.25) is 0 Å². The lowest BCUT2D eigenvalue weighted by Gasteiger charge is -2.29. The zero-order valence-corrected chi connectivity index (χ0v) is 10.9. The number of amides is 2. The van der Waals surface area contributed by atoms with Crippen molar-refractivity contribution in [2.24, 2.45) is 0 Å². The van der Waals surface area contributed by atoms with Crippen LogP contribution in [0.3, 0.4) is 0 Å². The largest absolute Gasteiger partial charge is 0.347 e. The molecule has 0 aliphatic carbocycles. The highest BCUT2D eigenvalue weighted by Gasteiger charge is 2.26. The Morgan fingerprint density at radius 3 is 2.41 bits per heavy atom. The first-order valence-corrected chi connectivity index (χ1v) is 5.90. The lowest BCUT2D eigenvalue weighted by atomic mass is 10.1. The zero-order valence-electron chi connectivity index (χ0n) is 10.9. The number of carbonyl (C=O) groups excluding carboxylic acids is 2. The molecule has 3 N–H and O–H groups in total. The third-order valence-electron chi connectivity index (χ3n) is 2.83. The summed E-state index contributed by atoms with van der Waals surface area (Å²) in [5, 5.41) is 9.08. The van der Waals surface area contributed by atoms with Crippen molar-refractivity contribution in [2.75, 3.05) is 27.2 Å². The maximum atomic E-state index is 11.9. The van der Waals surface area contributed by atoms with Gasteiger partial charge in [0, 0.05) is 33.2 Å². The van der Waals surface area contributed by atoms with E-state index in [0.717, 1.165) is 6.54 Å². The normalized spacial score (nSPS) is 26.1. The van der Waals surface area contributed by atoms with Crippen molar-refractivity contribution in [3.8, 4) is 0 Å². The number of piperazine rings is 1. The Bertz CT molecular complexity index is 285. The van der Waals surface area contributed by atoms with Gasteiger partial charge in [0.1, 0.15) is 6.04 Å². The molecule has 0 radical (unpaired) electrons. The number of hydrogen-bond donors (Lipinski definition) is 3. The van der Waals surface area contributed by atoms with Crippen molar-refractivity contribution < 1.29 is 9.59 Å². The smallest absolute Gasteiger partial charge is 0.244 e. The van der Waals surface area contributed by atoms with Gasteiger partial charge in [-0.3, -0.25) is 9.59 Å². The molecule has 0 bridgehead atoms. The zero-order chi connectivity index (χ0) is 13.0. The average Bonchev–Trinajstić information content (AvgIpc) is 2.28. The molecule has 3 atom stereocenters. The van der Waals surface area contributed by atoms with Crippen LogP contribution in [-0.4, -0.2) is 62.0 Å². The fourth-order valence-electron chi connectivity index (χ4n) is 1.73. The number of rotatable bonds is 3. The second-order valence-corrected chi connectivity index (χ2v) is 4.73. The Morgan fingerprint density at radius 1 is 1.29 bits per heavy atom. The molecule has 1 fully saturated rings. The van der Waals surface area contributed by atoms with Crippen LogP contribution in [0, 0.1) is 0 Å². The highest BCUT2D eigenvalue weighted by atomic mass is 16.2. The van der Waals surface area contributed by atoms with Crippen LogP contribution in [0.4, 0.5) is 0 Å². The molecular weight excluding hydrogens is 220 g/mol. The fourth-order valence-corrected chi connectivity index (χ4v) is 1.73. The highest BCUT2D eigenvalue weighted by Crippen LogP contribution is 1.95. The van der Waals surface area contributed by atoms with Crippen LogP contribution in [0.5, 0.6) is 0 Å². The van der Waals surface area contributed by atoms with Gasteiger partial charge in [0.25, 0.3) is 0 Å². The second kappa shape index (κ2) is 5.97. The van der Waals surface area contributed by atoms with Crippen molar-refractivity contribution in [3.63, 3.8) is 0 Å². The second-order valence-electron chi connectivity index (χ2n) is 4.73. The predicted octanol–water partition coefficient (Wildman–Crippen LogP) is -1.47. The van der Waals surface area contributed by atoms with Crippen LogP contribution >= 0.6 is 0 Å². The van der Waals surface area contributed by atoms with Gasteiger partial charge in [-0.2, -0.15) is 0 Å². The van der Waals surface area contributed by atoms with E-state index in [1.165, 1.54) is 4.90 Å². The van der Waals surface area contributed by atoms with E-state index < -0.39 is 6.04 Å². The summed E-state index contributed by atoms with van der Waals surface area (Å²) in [4.78, 5) is 24.9. The summed E-state index contributed by atoms with van der Waals surface area (Å²) in [6.45, 7) is 5.10. The maximum Gasteiger partial charge on any atom is 0.244 e. The van der Waals surface area contributed by atoms with Crippen molar-refractivity contribution in [1.82, 2.24) is 20.9 Å². The monoisotopic (exact) mass is 242 g/mol. The minimum absolute atomic E-state index is 0.101. The van der Waals surface area contributed by atoms with E-state index in [0.29, 0.717) is 12.6 Å². The molecule has 0 aromatic heterocycles. The molecule has 1 heterocycles. The first-order valence-electron chi connectivity index (χ1n) is 5.90. The Hall–Kier alpha value is -1.14. The first-order chi connectivity index (χ1) is 7.91. The minimum Gasteiger partial charge on any atom is -0.347 e. The summed E-state index contributed by atoms with van der Waals surface area (Å²) in [6, 6.07) is -0.373. The molecule has 1 saturated heterocycles. The molecule has 2 amide bonds. The Kier molecular flexibility index (Phi) is 4.89. The van der Waals surface area contributed by atoms with E-state index in [4.69, 9.17) is 0 Å². The van der Waals surface area contributed by atoms with Gasteiger partial charge < -0.3 is 20.9 Å². The summed E-state index contributed by atoms with van der Waals surface area (Å²) < 4.78 is 0. The molecule has 0 aromatic rings. The molecule has 6 nitrogen and oxygen atoms in total. The highest BCUT2D eigenvalue weighted by molar-refractivity contribution is 5.89. The number of nitrogens with one attached hydrogen (secondary N) is 3. The summed E-state index contributed by atoms with van der Waals surface area (Å²) in [7, 11) is 3.35. The van der Waals surface area contributed by atoms with E-state index >= 15 is 0 Å². The lowest BCUT2D eigenvalue weighted by Crippen LogP contribution is -2.60. The van der Waals surface area contributed by atoms with Gasteiger partial charge >= 0.3 is 0 Å². The molecule has 1 rings (SSSR count). The average molecular weight is 242 g/mol. The third kappa shape index (κ3) is 3.98. The molecule has 1 aliphatic rings. The van der Waals surface area contributed by atoms with Crippen LogP contribution in [0.15, 0.2) is 0 Å². The van der Waals surface area contributed by atoms with E-state index in [9.17, 15) is 9.59 Å². The molecule has 1 aliphatic heterocycles. The molecule has 0 aromatic carbocycles. The van der Waals surface area contributed by atoms with Crippen molar-refractivity contribution in [2.45, 2.75) is 32.0 Å². The summed E-state index contributed by atoms with van der Waals surface area (Å²) >= 11 is 0. The van der Waals surface area contributed by atoms with Crippen LogP contribution < -0.4 is 16.0 Å². The number of hydrogen-bond acceptors (Lipinski definition) is 4. The lowest BCUT2D eigenvalue weighted by molar-refractivity contribution is -0.134. The van der Waals surface area contributed by atoms with Gasteiger partial charge in [0.05, 0.1) is 6.04 Å². The van der Waals surface area contributed by atoms with Gasteiger partial charge in [-0.05, 0) is 13.8 Å². The summed E-state index contributed by atoms with van der Waals surface area (Å²) in [5.74, 6) is -0.234. The van der Waals surface area contributed by atoms with Gasteiger partial charge in [-0.1, -0.05) is 0 Å². The molecule has 0 saturated carbocycles. The molecule has 98 valence electrons. The SMILES string of the molecule is CC1CNC(C(=O)NC(C)C(=O)N(C)C)CN1. The van der Waals surface area contributed by atoms with Crippen LogP contribution in [-0.2, 0) is 9.59 Å². The molecule has 3 unspecified atom stereocenters. The van der Waals surface area contributed by atoms with Gasteiger partial charge in [-0.15, -0.1) is 0 Å². The number of carbonyl (C=O) groups is 2. The Labute approximate surface area is 102 Å². The summed E-state index contributed by atoms with van der Waals surface area (Å²) in [5.41, 5.74) is 0. The van der Waals surface area contributed by atoms with Crippen LogP contribution in [0.25, 0.3) is 0 Å². The van der Waals surface area contributed by atoms with E-state index in [-0.39, 0.29) is 17.9 Å². The third-order valence-corrected chi connectivity index (χ3v) is 2.83. The standard InChI is InChI=1S/C11H22N4O2/c1-7-5-13-9(6-12-7)10(16)14-8(2)11(17)15(3)4/h7-9,12-13H,5-6H2,1-4H3,(H,14,16). The number of likely N-dealkylation sites (N-methyl/N-ethyl adjacent to an activating group) is 1. The molecule has 0 spiro atoms. The minimum atomic E-state index is -0.487. The van der Waals surface area contributed by atoms with E-state index in [2.05, 4.69) is 22.9 Å². The molecule has 17 heavy (non-hydrogen) atoms. The van der Waals surface area contributed by atoms with Crippen LogP contribution in [0.1, 0.15) is 13.8 Å². The van der Waals surface area contributed by atoms with Gasteiger partial charge in [0.15, 0.2) is 0 Å². The fraction of sp³-hybridized carbons (Fsp3) is 0.818. The van der Waals surface area contributed by atoms with Gasteiger partial charge in [-0.25, -0.2) is 0 Å². The molecule has 6 heteroatoms.